The number of nitrogens with two attached hydrogens (primary N) is 1. The van der Waals surface area contributed by atoms with Gasteiger partial charge in [-0.25, -0.2) is 0 Å². The van der Waals surface area contributed by atoms with Crippen molar-refractivity contribution in [1.82, 2.24) is 4.90 Å². The summed E-state index contributed by atoms with van der Waals surface area (Å²) in [6, 6.07) is 5.96. The Bertz CT molecular complexity index is 451. The number of hydrogen-bond acceptors (Lipinski definition) is 2. The zero-order valence-corrected chi connectivity index (χ0v) is 15.5. The largest absolute Gasteiger partial charge is 0.342 e. The molecule has 0 bridgehead atoms. The van der Waals surface area contributed by atoms with Gasteiger partial charge < -0.3 is 10.6 Å². The predicted molar refractivity (Wildman–Crippen MR) is 95.5 cm³/mol. The Morgan fingerprint density at radius 1 is 1.40 bits per heavy atom. The van der Waals surface area contributed by atoms with Crippen molar-refractivity contribution in [3.63, 3.8) is 0 Å². The van der Waals surface area contributed by atoms with Crippen LogP contribution in [0.15, 0.2) is 18.2 Å². The molecule has 0 fully saturated rings. The molecule has 20 heavy (non-hydrogen) atoms. The Kier molecular flexibility index (Phi) is 8.70. The number of benzene rings is 1. The van der Waals surface area contributed by atoms with Gasteiger partial charge in [-0.2, -0.15) is 0 Å². The van der Waals surface area contributed by atoms with E-state index in [4.69, 9.17) is 5.73 Å². The maximum Gasteiger partial charge on any atom is 0.253 e. The average Bonchev–Trinajstić information content (AvgIpc) is 2.37. The third kappa shape index (κ3) is 5.58. The standard InChI is InChI=1S/C15H23IN2O.ClH/c1-10(2)14(17)7-8-18(4)15(19)12-6-5-11(3)13(16)9-12;/h5-6,9-10,14H,7-8,17H2,1-4H3;1H. The minimum atomic E-state index is 0. The third-order valence-corrected chi connectivity index (χ3v) is 4.58. The van der Waals surface area contributed by atoms with Crippen molar-refractivity contribution in [2.45, 2.75) is 33.2 Å². The number of rotatable bonds is 5. The van der Waals surface area contributed by atoms with Crippen molar-refractivity contribution in [1.29, 1.82) is 0 Å². The second-order valence-corrected chi connectivity index (χ2v) is 6.55. The monoisotopic (exact) mass is 410 g/mol. The zero-order chi connectivity index (χ0) is 14.6. The van der Waals surface area contributed by atoms with E-state index in [1.165, 1.54) is 5.56 Å². The first-order chi connectivity index (χ1) is 8.82. The number of carbonyl (C=O) groups excluding carboxylic acids is 1. The molecule has 0 spiro atoms. The first-order valence-electron chi connectivity index (χ1n) is 6.60. The van der Waals surface area contributed by atoms with E-state index in [0.29, 0.717) is 12.5 Å². The molecule has 0 aliphatic carbocycles. The van der Waals surface area contributed by atoms with Crippen LogP contribution in [0, 0.1) is 16.4 Å². The lowest BCUT2D eigenvalue weighted by atomic mass is 10.0. The molecule has 0 saturated heterocycles. The van der Waals surface area contributed by atoms with E-state index >= 15 is 0 Å². The summed E-state index contributed by atoms with van der Waals surface area (Å²) in [5, 5.41) is 0. The van der Waals surface area contributed by atoms with Crippen LogP contribution in [0.1, 0.15) is 36.2 Å². The van der Waals surface area contributed by atoms with Crippen molar-refractivity contribution in [2.75, 3.05) is 13.6 Å². The number of hydrogen-bond donors (Lipinski definition) is 1. The maximum atomic E-state index is 12.3. The first kappa shape index (κ1) is 19.7. The van der Waals surface area contributed by atoms with Crippen LogP contribution in [0.2, 0.25) is 0 Å². The van der Waals surface area contributed by atoms with E-state index in [0.717, 1.165) is 15.6 Å². The lowest BCUT2D eigenvalue weighted by molar-refractivity contribution is 0.0789. The molecule has 1 atom stereocenters. The maximum absolute atomic E-state index is 12.3. The molecule has 2 N–H and O–H groups in total. The highest BCUT2D eigenvalue weighted by molar-refractivity contribution is 14.1. The Morgan fingerprint density at radius 2 is 2.00 bits per heavy atom. The van der Waals surface area contributed by atoms with E-state index in [2.05, 4.69) is 36.4 Å². The number of aryl methyl sites for hydroxylation is 1. The third-order valence-electron chi connectivity index (χ3n) is 3.42. The normalized spacial score (nSPS) is 11.9. The minimum absolute atomic E-state index is 0. The molecule has 1 amide bonds. The predicted octanol–water partition coefficient (Wildman–Crippen LogP) is 3.47. The van der Waals surface area contributed by atoms with Crippen LogP contribution >= 0.6 is 35.0 Å². The quantitative estimate of drug-likeness (QED) is 0.756. The molecule has 0 radical (unpaired) electrons. The number of nitrogens with zero attached hydrogens (tertiary/aromatic N) is 1. The summed E-state index contributed by atoms with van der Waals surface area (Å²) >= 11 is 2.26. The van der Waals surface area contributed by atoms with Gasteiger partial charge in [0.15, 0.2) is 0 Å². The number of halogens is 2. The highest BCUT2D eigenvalue weighted by Crippen LogP contribution is 2.15. The van der Waals surface area contributed by atoms with Crippen LogP contribution < -0.4 is 5.73 Å². The second-order valence-electron chi connectivity index (χ2n) is 5.39. The lowest BCUT2D eigenvalue weighted by Crippen LogP contribution is -2.34. The van der Waals surface area contributed by atoms with Gasteiger partial charge in [0, 0.05) is 28.8 Å². The summed E-state index contributed by atoms with van der Waals surface area (Å²) < 4.78 is 1.12. The van der Waals surface area contributed by atoms with Gasteiger partial charge in [0.1, 0.15) is 0 Å². The van der Waals surface area contributed by atoms with Gasteiger partial charge in [0.25, 0.3) is 5.91 Å². The van der Waals surface area contributed by atoms with Gasteiger partial charge in [0.2, 0.25) is 0 Å². The minimum Gasteiger partial charge on any atom is -0.342 e. The van der Waals surface area contributed by atoms with Crippen LogP contribution in [-0.4, -0.2) is 30.4 Å². The van der Waals surface area contributed by atoms with Crippen molar-refractivity contribution in [2.24, 2.45) is 11.7 Å². The van der Waals surface area contributed by atoms with Gasteiger partial charge in [-0.05, 0) is 59.5 Å². The lowest BCUT2D eigenvalue weighted by Gasteiger charge is -2.21. The molecule has 0 aromatic heterocycles. The fourth-order valence-corrected chi connectivity index (χ4v) is 2.24. The van der Waals surface area contributed by atoms with Crippen molar-refractivity contribution in [3.8, 4) is 0 Å². The van der Waals surface area contributed by atoms with Gasteiger partial charge in [-0.15, -0.1) is 12.4 Å². The van der Waals surface area contributed by atoms with Crippen LogP contribution in [0.3, 0.4) is 0 Å². The summed E-state index contributed by atoms with van der Waals surface area (Å²) in [6.07, 6.45) is 0.836. The molecular formula is C15H24ClIN2O. The summed E-state index contributed by atoms with van der Waals surface area (Å²) in [5.41, 5.74) is 7.95. The molecule has 0 saturated carbocycles. The fraction of sp³-hybridized carbons (Fsp3) is 0.533. The summed E-state index contributed by atoms with van der Waals surface area (Å²) in [5.74, 6) is 0.512. The van der Waals surface area contributed by atoms with Crippen LogP contribution in [-0.2, 0) is 0 Å². The summed E-state index contributed by atoms with van der Waals surface area (Å²) in [7, 11) is 1.84. The van der Waals surface area contributed by atoms with E-state index in [9.17, 15) is 4.79 Å². The molecular weight excluding hydrogens is 387 g/mol. The van der Waals surface area contributed by atoms with Crippen LogP contribution in [0.5, 0.6) is 0 Å². The van der Waals surface area contributed by atoms with Gasteiger partial charge >= 0.3 is 0 Å². The number of carbonyl (C=O) groups is 1. The molecule has 114 valence electrons. The number of amides is 1. The molecule has 0 heterocycles. The van der Waals surface area contributed by atoms with Crippen molar-refractivity contribution < 1.29 is 4.79 Å². The first-order valence-corrected chi connectivity index (χ1v) is 7.68. The Morgan fingerprint density at radius 3 is 2.50 bits per heavy atom. The van der Waals surface area contributed by atoms with Gasteiger partial charge in [-0.1, -0.05) is 19.9 Å². The van der Waals surface area contributed by atoms with Crippen LogP contribution in [0.4, 0.5) is 0 Å². The highest BCUT2D eigenvalue weighted by atomic mass is 127. The molecule has 0 aliphatic heterocycles. The van der Waals surface area contributed by atoms with E-state index in [-0.39, 0.29) is 24.4 Å². The van der Waals surface area contributed by atoms with Crippen molar-refractivity contribution >= 4 is 40.9 Å². The summed E-state index contributed by atoms with van der Waals surface area (Å²) in [6.45, 7) is 6.95. The Labute approximate surface area is 141 Å². The Hall–Kier alpha value is -0.330. The second kappa shape index (κ2) is 8.85. The van der Waals surface area contributed by atoms with Crippen LogP contribution in [0.25, 0.3) is 0 Å². The fourth-order valence-electron chi connectivity index (χ4n) is 1.72. The molecule has 5 heteroatoms. The molecule has 1 unspecified atom stereocenters. The van der Waals surface area contributed by atoms with E-state index in [1.54, 1.807) is 4.90 Å². The molecule has 0 aliphatic rings. The van der Waals surface area contributed by atoms with E-state index in [1.807, 2.05) is 32.2 Å². The summed E-state index contributed by atoms with van der Waals surface area (Å²) in [4.78, 5) is 14.0. The van der Waals surface area contributed by atoms with Gasteiger partial charge in [0.05, 0.1) is 0 Å². The molecule has 1 rings (SSSR count). The topological polar surface area (TPSA) is 46.3 Å². The molecule has 1 aromatic carbocycles. The highest BCUT2D eigenvalue weighted by Gasteiger charge is 2.14. The Balaban J connectivity index is 0.00000361. The smallest absolute Gasteiger partial charge is 0.253 e. The SMILES string of the molecule is Cc1ccc(C(=O)N(C)CCC(N)C(C)C)cc1I.Cl. The van der Waals surface area contributed by atoms with Gasteiger partial charge in [-0.3, -0.25) is 4.79 Å². The molecule has 1 aromatic rings. The average molecular weight is 411 g/mol. The van der Waals surface area contributed by atoms with E-state index < -0.39 is 0 Å². The van der Waals surface area contributed by atoms with Crippen molar-refractivity contribution in [3.05, 3.63) is 32.9 Å². The molecule has 3 nitrogen and oxygen atoms in total. The zero-order valence-electron chi connectivity index (χ0n) is 12.5.